The fraction of sp³-hybridized carbons (Fsp3) is 0. The zero-order valence-electron chi connectivity index (χ0n) is 5.11. The summed E-state index contributed by atoms with van der Waals surface area (Å²) in [6, 6.07) is 7.38. The number of hydrogen-bond acceptors (Lipinski definition) is 3. The van der Waals surface area contributed by atoms with Crippen molar-refractivity contribution in [1.82, 2.24) is 0 Å². The SMILES string of the molecule is S=C=Nc1ccc(S)cc1. The van der Waals surface area contributed by atoms with Gasteiger partial charge in [0.15, 0.2) is 0 Å². The molecule has 1 aromatic carbocycles. The molecule has 0 saturated carbocycles. The Morgan fingerprint density at radius 3 is 2.40 bits per heavy atom. The van der Waals surface area contributed by atoms with Crippen molar-refractivity contribution >= 4 is 35.7 Å². The molecule has 3 heteroatoms. The lowest BCUT2D eigenvalue weighted by atomic mass is 10.3. The normalized spacial score (nSPS) is 8.50. The Hall–Kier alpha value is -0.630. The molecule has 0 spiro atoms. The van der Waals surface area contributed by atoms with Crippen LogP contribution in [-0.2, 0) is 0 Å². The van der Waals surface area contributed by atoms with Crippen molar-refractivity contribution in [3.8, 4) is 0 Å². The summed E-state index contributed by atoms with van der Waals surface area (Å²) in [7, 11) is 0. The van der Waals surface area contributed by atoms with Gasteiger partial charge in [0, 0.05) is 4.90 Å². The first-order valence-corrected chi connectivity index (χ1v) is 3.55. The van der Waals surface area contributed by atoms with Gasteiger partial charge in [0.1, 0.15) is 0 Å². The molecule has 0 aliphatic heterocycles. The van der Waals surface area contributed by atoms with E-state index in [0.717, 1.165) is 10.6 Å². The number of isothiocyanates is 1. The summed E-state index contributed by atoms with van der Waals surface area (Å²) in [5.74, 6) is 0. The van der Waals surface area contributed by atoms with Gasteiger partial charge in [-0.1, -0.05) is 0 Å². The third kappa shape index (κ3) is 1.95. The molecular weight excluding hydrogens is 162 g/mol. The molecule has 0 radical (unpaired) electrons. The zero-order valence-corrected chi connectivity index (χ0v) is 6.82. The summed E-state index contributed by atoms with van der Waals surface area (Å²) in [5, 5.41) is 2.29. The molecule has 0 fully saturated rings. The minimum Gasteiger partial charge on any atom is -0.195 e. The van der Waals surface area contributed by atoms with Gasteiger partial charge in [-0.05, 0) is 36.5 Å². The molecule has 0 N–H and O–H groups in total. The molecule has 0 aliphatic rings. The maximum Gasteiger partial charge on any atom is 0.0740 e. The van der Waals surface area contributed by atoms with Crippen LogP contribution in [0.25, 0.3) is 0 Å². The van der Waals surface area contributed by atoms with E-state index in [1.165, 1.54) is 0 Å². The Morgan fingerprint density at radius 2 is 1.90 bits per heavy atom. The average Bonchev–Trinajstić information content (AvgIpc) is 1.95. The summed E-state index contributed by atoms with van der Waals surface area (Å²) < 4.78 is 0. The Morgan fingerprint density at radius 1 is 1.30 bits per heavy atom. The number of benzene rings is 1. The van der Waals surface area contributed by atoms with Gasteiger partial charge in [0.2, 0.25) is 0 Å². The quantitative estimate of drug-likeness (QED) is 0.385. The molecule has 0 saturated heterocycles. The molecule has 1 nitrogen and oxygen atoms in total. The lowest BCUT2D eigenvalue weighted by molar-refractivity contribution is 1.44. The maximum atomic E-state index is 4.43. The highest BCUT2D eigenvalue weighted by Gasteiger charge is 1.85. The van der Waals surface area contributed by atoms with E-state index in [4.69, 9.17) is 0 Å². The smallest absolute Gasteiger partial charge is 0.0740 e. The van der Waals surface area contributed by atoms with Crippen molar-refractivity contribution in [2.75, 3.05) is 0 Å². The minimum atomic E-state index is 0.813. The number of rotatable bonds is 1. The first-order chi connectivity index (χ1) is 4.83. The standard InChI is InChI=1S/C7H5NS2/c9-5-8-6-1-3-7(10)4-2-6/h1-4,10H. The van der Waals surface area contributed by atoms with Crippen molar-refractivity contribution in [1.29, 1.82) is 0 Å². The van der Waals surface area contributed by atoms with E-state index in [1.54, 1.807) is 0 Å². The van der Waals surface area contributed by atoms with Crippen LogP contribution in [0, 0.1) is 0 Å². The monoisotopic (exact) mass is 167 g/mol. The second kappa shape index (κ2) is 3.52. The average molecular weight is 167 g/mol. The van der Waals surface area contributed by atoms with Crippen LogP contribution in [0.4, 0.5) is 5.69 Å². The maximum absolute atomic E-state index is 4.43. The fourth-order valence-electron chi connectivity index (χ4n) is 0.580. The van der Waals surface area contributed by atoms with Gasteiger partial charge in [-0.3, -0.25) is 0 Å². The highest BCUT2D eigenvalue weighted by molar-refractivity contribution is 7.80. The summed E-state index contributed by atoms with van der Waals surface area (Å²) >= 11 is 8.54. The minimum absolute atomic E-state index is 0.813. The van der Waals surface area contributed by atoms with E-state index >= 15 is 0 Å². The Bertz CT molecular complexity index is 259. The molecule has 0 unspecified atom stereocenters. The van der Waals surface area contributed by atoms with Crippen molar-refractivity contribution in [3.05, 3.63) is 24.3 Å². The zero-order chi connectivity index (χ0) is 7.40. The Kier molecular flexibility index (Phi) is 2.63. The summed E-state index contributed by atoms with van der Waals surface area (Å²) in [6.07, 6.45) is 0. The predicted molar refractivity (Wildman–Crippen MR) is 48.4 cm³/mol. The molecule has 1 rings (SSSR count). The van der Waals surface area contributed by atoms with Crippen molar-refractivity contribution in [2.24, 2.45) is 4.99 Å². The van der Waals surface area contributed by atoms with E-state index in [0.29, 0.717) is 0 Å². The number of thiocarbonyl (C=S) groups is 1. The number of nitrogens with zero attached hydrogens (tertiary/aromatic N) is 1. The molecule has 0 aromatic heterocycles. The second-order valence-electron chi connectivity index (χ2n) is 1.72. The van der Waals surface area contributed by atoms with Gasteiger partial charge in [-0.2, -0.15) is 4.99 Å². The molecule has 0 bridgehead atoms. The van der Waals surface area contributed by atoms with Gasteiger partial charge in [0.05, 0.1) is 10.8 Å². The van der Waals surface area contributed by atoms with Crippen LogP contribution in [-0.4, -0.2) is 5.16 Å². The molecule has 1 aromatic rings. The van der Waals surface area contributed by atoms with Crippen LogP contribution in [0.1, 0.15) is 0 Å². The van der Waals surface area contributed by atoms with E-state index in [2.05, 4.69) is 35.0 Å². The van der Waals surface area contributed by atoms with Gasteiger partial charge in [-0.15, -0.1) is 12.6 Å². The lowest BCUT2D eigenvalue weighted by Crippen LogP contribution is -1.63. The third-order valence-electron chi connectivity index (χ3n) is 1.02. The number of thiol groups is 1. The largest absolute Gasteiger partial charge is 0.195 e. The van der Waals surface area contributed by atoms with Gasteiger partial charge in [0.25, 0.3) is 0 Å². The highest BCUT2D eigenvalue weighted by Crippen LogP contribution is 2.13. The Balaban J connectivity index is 3.00. The number of hydrogen-bond donors (Lipinski definition) is 1. The van der Waals surface area contributed by atoms with E-state index < -0.39 is 0 Å². The van der Waals surface area contributed by atoms with Crippen LogP contribution in [0.5, 0.6) is 0 Å². The van der Waals surface area contributed by atoms with Gasteiger partial charge in [-0.25, -0.2) is 0 Å². The summed E-state index contributed by atoms with van der Waals surface area (Å²) in [5.41, 5.74) is 0.813. The molecule has 0 amide bonds. The van der Waals surface area contributed by atoms with Crippen molar-refractivity contribution in [3.63, 3.8) is 0 Å². The van der Waals surface area contributed by atoms with Crippen molar-refractivity contribution < 1.29 is 0 Å². The molecule has 0 aliphatic carbocycles. The fourth-order valence-corrected chi connectivity index (χ4v) is 0.834. The number of aliphatic imine (C=N–C) groups is 1. The van der Waals surface area contributed by atoms with Crippen LogP contribution >= 0.6 is 24.8 Å². The lowest BCUT2D eigenvalue weighted by Gasteiger charge is -1.89. The van der Waals surface area contributed by atoms with Crippen LogP contribution in [0.3, 0.4) is 0 Å². The van der Waals surface area contributed by atoms with Crippen LogP contribution in [0.2, 0.25) is 0 Å². The molecule has 50 valence electrons. The van der Waals surface area contributed by atoms with E-state index in [1.807, 2.05) is 24.3 Å². The summed E-state index contributed by atoms with van der Waals surface area (Å²) in [6.45, 7) is 0. The second-order valence-corrected chi connectivity index (χ2v) is 2.42. The Labute approximate surface area is 70.2 Å². The molecular formula is C7H5NS2. The molecule has 0 atom stereocenters. The molecule has 0 heterocycles. The first-order valence-electron chi connectivity index (χ1n) is 2.70. The topological polar surface area (TPSA) is 12.4 Å². The van der Waals surface area contributed by atoms with Gasteiger partial charge < -0.3 is 0 Å². The summed E-state index contributed by atoms with van der Waals surface area (Å²) in [4.78, 5) is 4.70. The van der Waals surface area contributed by atoms with Crippen molar-refractivity contribution in [2.45, 2.75) is 4.90 Å². The highest BCUT2D eigenvalue weighted by atomic mass is 32.1. The molecule has 10 heavy (non-hydrogen) atoms. The van der Waals surface area contributed by atoms with Crippen LogP contribution < -0.4 is 0 Å². The third-order valence-corrected chi connectivity index (χ3v) is 1.41. The van der Waals surface area contributed by atoms with E-state index in [9.17, 15) is 0 Å². The van der Waals surface area contributed by atoms with Gasteiger partial charge >= 0.3 is 0 Å². The van der Waals surface area contributed by atoms with Crippen LogP contribution in [0.15, 0.2) is 34.2 Å². The predicted octanol–water partition coefficient (Wildman–Crippen LogP) is 2.71. The van der Waals surface area contributed by atoms with E-state index in [-0.39, 0.29) is 0 Å². The first kappa shape index (κ1) is 7.48.